The lowest BCUT2D eigenvalue weighted by Gasteiger charge is -2.04. The van der Waals surface area contributed by atoms with Gasteiger partial charge in [0.15, 0.2) is 0 Å². The third-order valence-electron chi connectivity index (χ3n) is 3.04. The van der Waals surface area contributed by atoms with Crippen molar-refractivity contribution in [1.29, 1.82) is 0 Å². The molecule has 0 saturated carbocycles. The molecule has 2 N–H and O–H groups in total. The van der Waals surface area contributed by atoms with E-state index in [2.05, 4.69) is 16.3 Å². The molecule has 7 heteroatoms. The summed E-state index contributed by atoms with van der Waals surface area (Å²) >= 11 is 1.78. The lowest BCUT2D eigenvalue weighted by molar-refractivity contribution is 0.578. The molecule has 0 aliphatic carbocycles. The van der Waals surface area contributed by atoms with Crippen LogP contribution in [0.2, 0.25) is 0 Å². The zero-order chi connectivity index (χ0) is 15.0. The zero-order valence-electron chi connectivity index (χ0n) is 12.5. The number of aryl methyl sites for hydroxylation is 1. The van der Waals surface area contributed by atoms with Crippen molar-refractivity contribution in [2.75, 3.05) is 25.6 Å². The van der Waals surface area contributed by atoms with Crippen LogP contribution in [0, 0.1) is 0 Å². The molecule has 0 saturated heterocycles. The Bertz CT molecular complexity index is 498. The minimum Gasteiger partial charge on any atom is -0.349 e. The van der Waals surface area contributed by atoms with Crippen molar-refractivity contribution >= 4 is 21.8 Å². The first-order valence-corrected chi connectivity index (χ1v) is 9.75. The van der Waals surface area contributed by atoms with Gasteiger partial charge in [0.1, 0.15) is 0 Å². The first-order valence-electron chi connectivity index (χ1n) is 6.87. The molecule has 1 rings (SSSR count). The molecule has 0 aliphatic heterocycles. The second-order valence-corrected chi connectivity index (χ2v) is 7.33. The number of hydrogen-bond donors (Lipinski definition) is 2. The van der Waals surface area contributed by atoms with Gasteiger partial charge in [-0.3, -0.25) is 0 Å². The molecule has 0 atom stereocenters. The Morgan fingerprint density at radius 3 is 2.70 bits per heavy atom. The van der Waals surface area contributed by atoms with E-state index in [0.717, 1.165) is 30.8 Å². The molecule has 0 amide bonds. The number of thioether (sulfide) groups is 1. The molecule has 116 valence electrons. The maximum Gasteiger partial charge on any atom is 0.242 e. The van der Waals surface area contributed by atoms with Gasteiger partial charge >= 0.3 is 0 Å². The Kier molecular flexibility index (Phi) is 7.65. The molecule has 0 aliphatic rings. The Labute approximate surface area is 126 Å². The Balaban J connectivity index is 2.67. The van der Waals surface area contributed by atoms with Crippen molar-refractivity contribution in [3.63, 3.8) is 0 Å². The van der Waals surface area contributed by atoms with E-state index in [1.54, 1.807) is 24.0 Å². The number of hydrogen-bond acceptors (Lipinski definition) is 4. The summed E-state index contributed by atoms with van der Waals surface area (Å²) in [5.74, 6) is 1.07. The third-order valence-corrected chi connectivity index (χ3v) is 5.16. The zero-order valence-corrected chi connectivity index (χ0v) is 14.1. The van der Waals surface area contributed by atoms with E-state index in [0.29, 0.717) is 18.0 Å². The van der Waals surface area contributed by atoms with Crippen LogP contribution < -0.4 is 10.0 Å². The van der Waals surface area contributed by atoms with E-state index >= 15 is 0 Å². The fourth-order valence-electron chi connectivity index (χ4n) is 1.96. The quantitative estimate of drug-likeness (QED) is 0.644. The number of sulfonamides is 1. The first kappa shape index (κ1) is 17.6. The van der Waals surface area contributed by atoms with E-state index in [4.69, 9.17) is 0 Å². The summed E-state index contributed by atoms with van der Waals surface area (Å²) in [6.45, 7) is 3.93. The van der Waals surface area contributed by atoms with Gasteiger partial charge in [-0.25, -0.2) is 13.1 Å². The second kappa shape index (κ2) is 8.71. The predicted octanol–water partition coefficient (Wildman–Crippen LogP) is 1.65. The number of aromatic nitrogens is 1. The number of rotatable bonds is 10. The van der Waals surface area contributed by atoms with Crippen LogP contribution in [0.25, 0.3) is 0 Å². The molecule has 0 bridgehead atoms. The number of nitrogens with zero attached hydrogens (tertiary/aromatic N) is 1. The first-order chi connectivity index (χ1) is 9.55. The lowest BCUT2D eigenvalue weighted by Crippen LogP contribution is -2.24. The number of unbranched alkanes of at least 4 members (excludes halogenated alkanes) is 1. The van der Waals surface area contributed by atoms with Gasteiger partial charge in [-0.1, -0.05) is 0 Å². The van der Waals surface area contributed by atoms with Crippen molar-refractivity contribution in [1.82, 2.24) is 14.6 Å². The van der Waals surface area contributed by atoms with E-state index in [1.807, 2.05) is 18.5 Å². The molecule has 5 nitrogen and oxygen atoms in total. The minimum atomic E-state index is -3.38. The van der Waals surface area contributed by atoms with Gasteiger partial charge in [-0.2, -0.15) is 11.8 Å². The third kappa shape index (κ3) is 5.12. The minimum absolute atomic E-state index is 0.356. The lowest BCUT2D eigenvalue weighted by atomic mass is 10.3. The van der Waals surface area contributed by atoms with Crippen molar-refractivity contribution in [2.24, 2.45) is 0 Å². The summed E-state index contributed by atoms with van der Waals surface area (Å²) in [5.41, 5.74) is 0.984. The average molecular weight is 319 g/mol. The SMILES string of the molecule is CCn1cc(S(=O)(=O)NCCCCSC)cc1CNC. The predicted molar refractivity (Wildman–Crippen MR) is 85.7 cm³/mol. The second-order valence-electron chi connectivity index (χ2n) is 4.58. The Hall–Kier alpha value is -0.500. The van der Waals surface area contributed by atoms with Crippen LogP contribution in [0.4, 0.5) is 0 Å². The maximum absolute atomic E-state index is 12.2. The highest BCUT2D eigenvalue weighted by Gasteiger charge is 2.17. The smallest absolute Gasteiger partial charge is 0.242 e. The largest absolute Gasteiger partial charge is 0.349 e. The molecule has 0 fully saturated rings. The van der Waals surface area contributed by atoms with Crippen LogP contribution in [0.15, 0.2) is 17.2 Å². The van der Waals surface area contributed by atoms with E-state index in [9.17, 15) is 8.42 Å². The average Bonchev–Trinajstić information content (AvgIpc) is 2.83. The maximum atomic E-state index is 12.2. The highest BCUT2D eigenvalue weighted by Crippen LogP contribution is 2.14. The van der Waals surface area contributed by atoms with Crippen LogP contribution in [-0.2, 0) is 23.1 Å². The van der Waals surface area contributed by atoms with Crippen molar-refractivity contribution in [3.05, 3.63) is 18.0 Å². The van der Waals surface area contributed by atoms with E-state index < -0.39 is 10.0 Å². The van der Waals surface area contributed by atoms with Crippen molar-refractivity contribution in [3.8, 4) is 0 Å². The molecule has 0 unspecified atom stereocenters. The molecule has 1 heterocycles. The summed E-state index contributed by atoms with van der Waals surface area (Å²) in [5, 5.41) is 3.05. The normalized spacial score (nSPS) is 11.9. The van der Waals surface area contributed by atoms with Gasteiger partial charge in [0.05, 0.1) is 4.90 Å². The standard InChI is InChI=1S/C13H25N3O2S2/c1-4-16-11-13(9-12(16)10-14-2)20(17,18)15-7-5-6-8-19-3/h9,11,14-15H,4-8,10H2,1-3H3. The molecule has 0 radical (unpaired) electrons. The van der Waals surface area contributed by atoms with Crippen LogP contribution in [0.3, 0.4) is 0 Å². The van der Waals surface area contributed by atoms with Gasteiger partial charge in [0.25, 0.3) is 0 Å². The van der Waals surface area contributed by atoms with E-state index in [1.165, 1.54) is 0 Å². The Morgan fingerprint density at radius 1 is 1.35 bits per heavy atom. The molecular formula is C13H25N3O2S2. The van der Waals surface area contributed by atoms with E-state index in [-0.39, 0.29) is 0 Å². The molecule has 0 spiro atoms. The molecular weight excluding hydrogens is 294 g/mol. The van der Waals surface area contributed by atoms with Crippen molar-refractivity contribution < 1.29 is 8.42 Å². The van der Waals surface area contributed by atoms with Crippen LogP contribution in [0.1, 0.15) is 25.5 Å². The highest BCUT2D eigenvalue weighted by atomic mass is 32.2. The van der Waals surface area contributed by atoms with Crippen LogP contribution >= 0.6 is 11.8 Å². The topological polar surface area (TPSA) is 63.1 Å². The fraction of sp³-hybridized carbons (Fsp3) is 0.692. The molecule has 20 heavy (non-hydrogen) atoms. The summed E-state index contributed by atoms with van der Waals surface area (Å²) in [4.78, 5) is 0.356. The Morgan fingerprint density at radius 2 is 2.10 bits per heavy atom. The van der Waals surface area contributed by atoms with Gasteiger partial charge < -0.3 is 9.88 Å². The van der Waals surface area contributed by atoms with Gasteiger partial charge in [-0.15, -0.1) is 0 Å². The summed E-state index contributed by atoms with van der Waals surface area (Å²) in [7, 11) is -1.53. The van der Waals surface area contributed by atoms with Gasteiger partial charge in [0, 0.05) is 31.5 Å². The van der Waals surface area contributed by atoms with Gasteiger partial charge in [0.2, 0.25) is 10.0 Å². The molecule has 0 aromatic carbocycles. The van der Waals surface area contributed by atoms with Crippen LogP contribution in [-0.4, -0.2) is 38.6 Å². The fourth-order valence-corrected chi connectivity index (χ4v) is 3.59. The summed E-state index contributed by atoms with van der Waals surface area (Å²) in [6, 6.07) is 1.74. The summed E-state index contributed by atoms with van der Waals surface area (Å²) < 4.78 is 29.0. The molecule has 1 aromatic rings. The van der Waals surface area contributed by atoms with Crippen LogP contribution in [0.5, 0.6) is 0 Å². The highest BCUT2D eigenvalue weighted by molar-refractivity contribution is 7.98. The monoisotopic (exact) mass is 319 g/mol. The summed E-state index contributed by atoms with van der Waals surface area (Å²) in [6.07, 6.45) is 5.67. The van der Waals surface area contributed by atoms with Gasteiger partial charge in [-0.05, 0) is 44.9 Å². The molecule has 1 aromatic heterocycles. The van der Waals surface area contributed by atoms with Crippen molar-refractivity contribution in [2.45, 2.75) is 37.8 Å². The number of nitrogens with one attached hydrogen (secondary N) is 2.